The lowest BCUT2D eigenvalue weighted by molar-refractivity contribution is 0.0955. The zero-order valence-electron chi connectivity index (χ0n) is 13.6. The lowest BCUT2D eigenvalue weighted by Crippen LogP contribution is -2.19. The SMILES string of the molecule is COc1ccc(C(=O)N/N=C(/C)c2cccc3ccccc23)cc1. The Morgan fingerprint density at radius 2 is 1.67 bits per heavy atom. The van der Waals surface area contributed by atoms with Gasteiger partial charge in [0.15, 0.2) is 0 Å². The van der Waals surface area contributed by atoms with E-state index in [0.717, 1.165) is 22.0 Å². The molecule has 0 spiro atoms. The molecule has 0 saturated carbocycles. The maximum Gasteiger partial charge on any atom is 0.271 e. The average molecular weight is 318 g/mol. The van der Waals surface area contributed by atoms with Gasteiger partial charge in [-0.2, -0.15) is 5.10 Å². The minimum absolute atomic E-state index is 0.253. The number of hydrogen-bond acceptors (Lipinski definition) is 3. The van der Waals surface area contributed by atoms with Crippen molar-refractivity contribution in [1.82, 2.24) is 5.43 Å². The molecule has 0 bridgehead atoms. The minimum Gasteiger partial charge on any atom is -0.497 e. The van der Waals surface area contributed by atoms with Crippen molar-refractivity contribution < 1.29 is 9.53 Å². The van der Waals surface area contributed by atoms with Crippen LogP contribution in [0.4, 0.5) is 0 Å². The summed E-state index contributed by atoms with van der Waals surface area (Å²) in [6.07, 6.45) is 0. The largest absolute Gasteiger partial charge is 0.497 e. The van der Waals surface area contributed by atoms with Gasteiger partial charge in [0.25, 0.3) is 5.91 Å². The zero-order valence-corrected chi connectivity index (χ0v) is 13.6. The number of benzene rings is 3. The normalized spacial score (nSPS) is 11.3. The highest BCUT2D eigenvalue weighted by Gasteiger charge is 2.07. The highest BCUT2D eigenvalue weighted by atomic mass is 16.5. The molecule has 1 amide bonds. The second kappa shape index (κ2) is 6.96. The van der Waals surface area contributed by atoms with Gasteiger partial charge >= 0.3 is 0 Å². The number of hydrazone groups is 1. The van der Waals surface area contributed by atoms with Crippen LogP contribution >= 0.6 is 0 Å². The van der Waals surface area contributed by atoms with Crippen LogP contribution in [-0.4, -0.2) is 18.7 Å². The molecule has 0 aromatic heterocycles. The van der Waals surface area contributed by atoms with Gasteiger partial charge in [0.2, 0.25) is 0 Å². The first kappa shape index (κ1) is 15.7. The zero-order chi connectivity index (χ0) is 16.9. The van der Waals surface area contributed by atoms with E-state index in [4.69, 9.17) is 4.74 Å². The number of nitrogens with zero attached hydrogens (tertiary/aromatic N) is 1. The number of methoxy groups -OCH3 is 1. The number of fused-ring (bicyclic) bond motifs is 1. The third-order valence-electron chi connectivity index (χ3n) is 3.86. The van der Waals surface area contributed by atoms with E-state index < -0.39 is 0 Å². The number of ether oxygens (including phenoxy) is 1. The number of hydrogen-bond donors (Lipinski definition) is 1. The molecule has 24 heavy (non-hydrogen) atoms. The Morgan fingerprint density at radius 1 is 0.958 bits per heavy atom. The van der Waals surface area contributed by atoms with Crippen molar-refractivity contribution in [3.63, 3.8) is 0 Å². The first-order chi connectivity index (χ1) is 11.7. The Bertz CT molecular complexity index is 894. The van der Waals surface area contributed by atoms with Crippen molar-refractivity contribution in [2.75, 3.05) is 7.11 Å². The molecule has 1 N–H and O–H groups in total. The highest BCUT2D eigenvalue weighted by molar-refractivity contribution is 6.10. The van der Waals surface area contributed by atoms with Crippen molar-refractivity contribution in [2.24, 2.45) is 5.10 Å². The lowest BCUT2D eigenvalue weighted by Gasteiger charge is -2.07. The molecule has 0 aliphatic rings. The second-order valence-corrected chi connectivity index (χ2v) is 5.39. The number of amides is 1. The van der Waals surface area contributed by atoms with Crippen LogP contribution < -0.4 is 10.2 Å². The maximum atomic E-state index is 12.2. The van der Waals surface area contributed by atoms with Crippen molar-refractivity contribution in [3.8, 4) is 5.75 Å². The molecule has 3 aromatic rings. The Labute approximate surface area is 140 Å². The topological polar surface area (TPSA) is 50.7 Å². The second-order valence-electron chi connectivity index (χ2n) is 5.39. The predicted molar refractivity (Wildman–Crippen MR) is 96.6 cm³/mol. The fourth-order valence-corrected chi connectivity index (χ4v) is 2.54. The van der Waals surface area contributed by atoms with E-state index in [1.807, 2.05) is 31.2 Å². The van der Waals surface area contributed by atoms with E-state index in [0.29, 0.717) is 11.3 Å². The summed E-state index contributed by atoms with van der Waals surface area (Å²) in [5.74, 6) is 0.458. The molecule has 0 aliphatic heterocycles. The summed E-state index contributed by atoms with van der Waals surface area (Å²) in [6.45, 7) is 1.88. The Morgan fingerprint density at radius 3 is 2.42 bits per heavy atom. The molecule has 3 aromatic carbocycles. The summed E-state index contributed by atoms with van der Waals surface area (Å²) in [7, 11) is 1.59. The number of nitrogens with one attached hydrogen (secondary N) is 1. The molecule has 0 radical (unpaired) electrons. The standard InChI is InChI=1S/C20H18N2O2/c1-14(18-9-5-7-15-6-3-4-8-19(15)18)21-22-20(23)16-10-12-17(24-2)13-11-16/h3-13H,1-2H3,(H,22,23)/b21-14-. The molecule has 4 nitrogen and oxygen atoms in total. The number of carbonyl (C=O) groups is 1. The summed E-state index contributed by atoms with van der Waals surface area (Å²) >= 11 is 0. The first-order valence-electron chi connectivity index (χ1n) is 7.66. The van der Waals surface area contributed by atoms with Gasteiger partial charge in [0.05, 0.1) is 12.8 Å². The minimum atomic E-state index is -0.253. The van der Waals surface area contributed by atoms with E-state index in [2.05, 4.69) is 28.7 Å². The Hall–Kier alpha value is -3.14. The average Bonchev–Trinajstić information content (AvgIpc) is 2.65. The van der Waals surface area contributed by atoms with Gasteiger partial charge in [-0.15, -0.1) is 0 Å². The summed E-state index contributed by atoms with van der Waals surface area (Å²) in [5.41, 5.74) is 4.90. The van der Waals surface area contributed by atoms with Crippen LogP contribution in [0.25, 0.3) is 10.8 Å². The van der Waals surface area contributed by atoms with Gasteiger partial charge in [0, 0.05) is 11.1 Å². The van der Waals surface area contributed by atoms with E-state index in [1.54, 1.807) is 31.4 Å². The van der Waals surface area contributed by atoms with Crippen molar-refractivity contribution in [3.05, 3.63) is 77.9 Å². The van der Waals surface area contributed by atoms with Crippen LogP contribution in [0.1, 0.15) is 22.8 Å². The highest BCUT2D eigenvalue weighted by Crippen LogP contribution is 2.19. The van der Waals surface area contributed by atoms with E-state index >= 15 is 0 Å². The lowest BCUT2D eigenvalue weighted by atomic mass is 10.0. The van der Waals surface area contributed by atoms with E-state index in [1.165, 1.54) is 0 Å². The van der Waals surface area contributed by atoms with Crippen LogP contribution in [0.2, 0.25) is 0 Å². The fraction of sp³-hybridized carbons (Fsp3) is 0.100. The first-order valence-corrected chi connectivity index (χ1v) is 7.66. The maximum absolute atomic E-state index is 12.2. The molecular weight excluding hydrogens is 300 g/mol. The van der Waals surface area contributed by atoms with Gasteiger partial charge in [-0.05, 0) is 42.0 Å². The fourth-order valence-electron chi connectivity index (χ4n) is 2.54. The van der Waals surface area contributed by atoms with Gasteiger partial charge < -0.3 is 4.74 Å². The van der Waals surface area contributed by atoms with Crippen molar-refractivity contribution >= 4 is 22.4 Å². The molecule has 0 heterocycles. The molecule has 0 aliphatic carbocycles. The quantitative estimate of drug-likeness (QED) is 0.584. The van der Waals surface area contributed by atoms with Gasteiger partial charge in [-0.1, -0.05) is 42.5 Å². The van der Waals surface area contributed by atoms with E-state index in [9.17, 15) is 4.79 Å². The van der Waals surface area contributed by atoms with Crippen molar-refractivity contribution in [1.29, 1.82) is 0 Å². The molecule has 4 heteroatoms. The smallest absolute Gasteiger partial charge is 0.271 e. The van der Waals surface area contributed by atoms with Crippen molar-refractivity contribution in [2.45, 2.75) is 6.92 Å². The van der Waals surface area contributed by atoms with Crippen LogP contribution in [0, 0.1) is 0 Å². The monoisotopic (exact) mass is 318 g/mol. The molecule has 0 saturated heterocycles. The van der Waals surface area contributed by atoms with Gasteiger partial charge in [-0.3, -0.25) is 4.79 Å². The summed E-state index contributed by atoms with van der Waals surface area (Å²) < 4.78 is 5.09. The summed E-state index contributed by atoms with van der Waals surface area (Å²) in [4.78, 5) is 12.2. The van der Waals surface area contributed by atoms with E-state index in [-0.39, 0.29) is 5.91 Å². The van der Waals surface area contributed by atoms with Crippen LogP contribution in [0.3, 0.4) is 0 Å². The third kappa shape index (κ3) is 3.27. The molecular formula is C20H18N2O2. The molecule has 0 atom stereocenters. The molecule has 0 fully saturated rings. The van der Waals surface area contributed by atoms with Gasteiger partial charge in [0.1, 0.15) is 5.75 Å². The summed E-state index contributed by atoms with van der Waals surface area (Å²) in [6, 6.07) is 21.1. The number of rotatable bonds is 4. The van der Waals surface area contributed by atoms with Crippen LogP contribution in [0.15, 0.2) is 71.8 Å². The van der Waals surface area contributed by atoms with Crippen LogP contribution in [0.5, 0.6) is 5.75 Å². The Kier molecular flexibility index (Phi) is 4.57. The third-order valence-corrected chi connectivity index (χ3v) is 3.86. The predicted octanol–water partition coefficient (Wildman–Crippen LogP) is 4.00. The molecule has 0 unspecified atom stereocenters. The molecule has 3 rings (SSSR count). The Balaban J connectivity index is 1.81. The number of carbonyl (C=O) groups excluding carboxylic acids is 1. The van der Waals surface area contributed by atoms with Gasteiger partial charge in [-0.25, -0.2) is 5.43 Å². The molecule has 120 valence electrons. The summed E-state index contributed by atoms with van der Waals surface area (Å²) in [5, 5.41) is 6.50. The van der Waals surface area contributed by atoms with Crippen LogP contribution in [-0.2, 0) is 0 Å².